The fourth-order valence-electron chi connectivity index (χ4n) is 3.07. The summed E-state index contributed by atoms with van der Waals surface area (Å²) < 4.78 is 0. The van der Waals surface area contributed by atoms with Crippen molar-refractivity contribution in [3.63, 3.8) is 0 Å². The van der Waals surface area contributed by atoms with Gasteiger partial charge in [0.15, 0.2) is 0 Å². The Morgan fingerprint density at radius 1 is 1.42 bits per heavy atom. The van der Waals surface area contributed by atoms with Crippen molar-refractivity contribution in [2.75, 3.05) is 13.1 Å². The number of aromatic amines is 1. The van der Waals surface area contributed by atoms with Crippen molar-refractivity contribution in [2.45, 2.75) is 58.0 Å². The molecule has 1 aliphatic rings. The van der Waals surface area contributed by atoms with Crippen LogP contribution in [0, 0.1) is 19.8 Å². The minimum atomic E-state index is -0.131. The predicted molar refractivity (Wildman–Crippen MR) is 110 cm³/mol. The smallest absolute Gasteiger partial charge is 0.259 e. The highest BCUT2D eigenvalue weighted by molar-refractivity contribution is 7.99. The molecule has 2 aromatic heterocycles. The maximum atomic E-state index is 12.8. The molecule has 1 fully saturated rings. The lowest BCUT2D eigenvalue weighted by Crippen LogP contribution is -2.38. The Balaban J connectivity index is 1.66. The Kier molecular flexibility index (Phi) is 6.07. The monoisotopic (exact) mass is 393 g/mol. The zero-order chi connectivity index (χ0) is 18.8. The summed E-state index contributed by atoms with van der Waals surface area (Å²) in [5, 5.41) is 0.567. The number of aryl methyl sites for hydroxylation is 2. The summed E-state index contributed by atoms with van der Waals surface area (Å²) in [6.45, 7) is 9.76. The number of thiophene rings is 1. The highest BCUT2D eigenvalue weighted by atomic mass is 32.2. The first-order valence-electron chi connectivity index (χ1n) is 9.30. The first-order valence-corrected chi connectivity index (χ1v) is 11.2. The highest BCUT2D eigenvalue weighted by Crippen LogP contribution is 2.31. The fraction of sp³-hybridized carbons (Fsp3) is 0.632. The Morgan fingerprint density at radius 3 is 2.81 bits per heavy atom. The van der Waals surface area contributed by atoms with Crippen LogP contribution in [0.1, 0.15) is 49.4 Å². The van der Waals surface area contributed by atoms with Crippen LogP contribution in [0.25, 0.3) is 10.2 Å². The molecule has 0 radical (unpaired) electrons. The van der Waals surface area contributed by atoms with Gasteiger partial charge < -0.3 is 9.88 Å². The standard InChI is InChI=1S/C19H27N3O2S2/c1-5-8-22(9-14-6-7-14)19(24)13(4)25-10-15-20-17(23)16-11(2)12(3)26-18(16)21-15/h13-14H,5-10H2,1-4H3,(H,20,21,23). The van der Waals surface area contributed by atoms with Crippen LogP contribution >= 0.6 is 23.1 Å². The molecule has 1 atom stereocenters. The molecule has 2 heterocycles. The van der Waals surface area contributed by atoms with Crippen molar-refractivity contribution in [3.8, 4) is 0 Å². The van der Waals surface area contributed by atoms with Crippen molar-refractivity contribution in [3.05, 3.63) is 26.6 Å². The number of aromatic nitrogens is 2. The zero-order valence-corrected chi connectivity index (χ0v) is 17.6. The van der Waals surface area contributed by atoms with Gasteiger partial charge in [-0.25, -0.2) is 4.98 Å². The Hall–Kier alpha value is -1.34. The van der Waals surface area contributed by atoms with Crippen LogP contribution < -0.4 is 5.56 Å². The van der Waals surface area contributed by atoms with E-state index in [-0.39, 0.29) is 16.7 Å². The van der Waals surface area contributed by atoms with Gasteiger partial charge in [0, 0.05) is 18.0 Å². The summed E-state index contributed by atoms with van der Waals surface area (Å²) in [7, 11) is 0. The summed E-state index contributed by atoms with van der Waals surface area (Å²) in [6.07, 6.45) is 3.48. The molecule has 5 nitrogen and oxygen atoms in total. The molecular weight excluding hydrogens is 366 g/mol. The Bertz CT molecular complexity index is 854. The van der Waals surface area contributed by atoms with E-state index in [1.807, 2.05) is 25.7 Å². The number of nitrogens with one attached hydrogen (secondary N) is 1. The number of hydrogen-bond donors (Lipinski definition) is 1. The summed E-state index contributed by atoms with van der Waals surface area (Å²) >= 11 is 3.11. The van der Waals surface area contributed by atoms with Crippen molar-refractivity contribution >= 4 is 39.2 Å². The second-order valence-corrected chi connectivity index (χ2v) is 9.69. The van der Waals surface area contributed by atoms with Crippen molar-refractivity contribution in [1.82, 2.24) is 14.9 Å². The number of hydrogen-bond acceptors (Lipinski definition) is 5. The molecule has 7 heteroatoms. The number of thioether (sulfide) groups is 1. The highest BCUT2D eigenvalue weighted by Gasteiger charge is 2.28. The molecule has 1 N–H and O–H groups in total. The third-order valence-electron chi connectivity index (χ3n) is 4.89. The first-order chi connectivity index (χ1) is 12.4. The summed E-state index contributed by atoms with van der Waals surface area (Å²) in [5.74, 6) is 2.10. The van der Waals surface area contributed by atoms with Crippen LogP contribution in [-0.2, 0) is 10.5 Å². The van der Waals surface area contributed by atoms with Crippen LogP contribution in [-0.4, -0.2) is 39.1 Å². The number of amides is 1. The minimum absolute atomic E-state index is 0.0761. The lowest BCUT2D eigenvalue weighted by molar-refractivity contribution is -0.130. The van der Waals surface area contributed by atoms with Gasteiger partial charge in [0.25, 0.3) is 5.56 Å². The minimum Gasteiger partial charge on any atom is -0.341 e. The van der Waals surface area contributed by atoms with Crippen molar-refractivity contribution in [2.24, 2.45) is 5.92 Å². The van der Waals surface area contributed by atoms with Crippen molar-refractivity contribution < 1.29 is 4.79 Å². The molecule has 1 saturated carbocycles. The molecule has 1 aliphatic carbocycles. The van der Waals surface area contributed by atoms with Crippen LogP contribution in [0.15, 0.2) is 4.79 Å². The Labute approximate surface area is 162 Å². The number of fused-ring (bicyclic) bond motifs is 1. The largest absolute Gasteiger partial charge is 0.341 e. The molecule has 26 heavy (non-hydrogen) atoms. The van der Waals surface area contributed by atoms with Gasteiger partial charge >= 0.3 is 0 Å². The van der Waals surface area contributed by atoms with Gasteiger partial charge in [-0.1, -0.05) is 6.92 Å². The van der Waals surface area contributed by atoms with Crippen LogP contribution in [0.2, 0.25) is 0 Å². The van der Waals surface area contributed by atoms with Gasteiger partial charge in [-0.05, 0) is 51.5 Å². The Morgan fingerprint density at radius 2 is 2.15 bits per heavy atom. The van der Waals surface area contributed by atoms with Gasteiger partial charge in [-0.3, -0.25) is 9.59 Å². The molecule has 1 amide bonds. The van der Waals surface area contributed by atoms with Crippen molar-refractivity contribution in [1.29, 1.82) is 0 Å². The second kappa shape index (κ2) is 8.13. The van der Waals surface area contributed by atoms with Crippen LogP contribution in [0.4, 0.5) is 0 Å². The van der Waals surface area contributed by atoms with E-state index >= 15 is 0 Å². The third kappa shape index (κ3) is 4.31. The molecule has 0 bridgehead atoms. The molecule has 3 rings (SSSR count). The SMILES string of the molecule is CCCN(CC1CC1)C(=O)C(C)SCc1nc2sc(C)c(C)c2c(=O)[nH]1. The van der Waals surface area contributed by atoms with E-state index in [0.717, 1.165) is 34.8 Å². The molecule has 0 aliphatic heterocycles. The van der Waals surface area contributed by atoms with Gasteiger partial charge in [0.05, 0.1) is 16.4 Å². The predicted octanol–water partition coefficient (Wildman–Crippen LogP) is 3.87. The number of carbonyl (C=O) groups excluding carboxylic acids is 1. The van der Waals surface area contributed by atoms with E-state index in [9.17, 15) is 9.59 Å². The van der Waals surface area contributed by atoms with Gasteiger partial charge in [0.1, 0.15) is 10.7 Å². The zero-order valence-electron chi connectivity index (χ0n) is 15.9. The summed E-state index contributed by atoms with van der Waals surface area (Å²) in [6, 6.07) is 0. The van der Waals surface area contributed by atoms with E-state index in [0.29, 0.717) is 22.9 Å². The molecule has 0 aromatic carbocycles. The topological polar surface area (TPSA) is 66.1 Å². The van der Waals surface area contributed by atoms with E-state index < -0.39 is 0 Å². The molecule has 0 saturated heterocycles. The van der Waals surface area contributed by atoms with Gasteiger partial charge in [0.2, 0.25) is 5.91 Å². The first kappa shape index (κ1) is 19.4. The molecule has 1 unspecified atom stereocenters. The lowest BCUT2D eigenvalue weighted by atomic mass is 10.2. The van der Waals surface area contributed by atoms with E-state index in [1.54, 1.807) is 23.1 Å². The van der Waals surface area contributed by atoms with E-state index in [4.69, 9.17) is 0 Å². The number of nitrogens with zero attached hydrogens (tertiary/aromatic N) is 2. The van der Waals surface area contributed by atoms with Gasteiger partial charge in [-0.2, -0.15) is 0 Å². The fourth-order valence-corrected chi connectivity index (χ4v) is 4.96. The van der Waals surface area contributed by atoms with Crippen LogP contribution in [0.3, 0.4) is 0 Å². The lowest BCUT2D eigenvalue weighted by Gasteiger charge is -2.25. The van der Waals surface area contributed by atoms with E-state index in [2.05, 4.69) is 16.9 Å². The summed E-state index contributed by atoms with van der Waals surface area (Å²) in [5.41, 5.74) is 0.935. The molecule has 0 spiro atoms. The van der Waals surface area contributed by atoms with Gasteiger partial charge in [-0.15, -0.1) is 23.1 Å². The third-order valence-corrected chi connectivity index (χ3v) is 7.13. The average Bonchev–Trinajstić information content (AvgIpc) is 3.37. The summed E-state index contributed by atoms with van der Waals surface area (Å²) in [4.78, 5) is 36.5. The molecular formula is C19H27N3O2S2. The normalized spacial score (nSPS) is 15.4. The average molecular weight is 394 g/mol. The number of H-pyrrole nitrogens is 1. The second-order valence-electron chi connectivity index (χ2n) is 7.16. The molecule has 142 valence electrons. The maximum absolute atomic E-state index is 12.8. The van der Waals surface area contributed by atoms with E-state index in [1.165, 1.54) is 12.8 Å². The number of rotatable bonds is 8. The molecule has 2 aromatic rings. The van der Waals surface area contributed by atoms with Crippen LogP contribution in [0.5, 0.6) is 0 Å². The quantitative estimate of drug-likeness (QED) is 0.739. The number of carbonyl (C=O) groups is 1. The maximum Gasteiger partial charge on any atom is 0.259 e.